The number of carboxylic acid groups (broad SMARTS) is 1. The highest BCUT2D eigenvalue weighted by Crippen LogP contribution is 2.33. The Morgan fingerprint density at radius 1 is 0.708 bits per heavy atom. The maximum absolute atomic E-state index is 12.2. The van der Waals surface area contributed by atoms with Crippen LogP contribution in [0.5, 0.6) is 0 Å². The molecule has 0 spiro atoms. The summed E-state index contributed by atoms with van der Waals surface area (Å²) in [5, 5.41) is 71.0. The van der Waals surface area contributed by atoms with E-state index in [0.717, 1.165) is 7.11 Å². The molecular weight excluding hydrogens is 738 g/mol. The predicted molar refractivity (Wildman–Crippen MR) is 140 cm³/mol. The van der Waals surface area contributed by atoms with E-state index in [0.29, 0.717) is 0 Å². The van der Waals surface area contributed by atoms with E-state index in [1.165, 1.54) is 4.72 Å². The number of carbonyl (C=O) groups is 1. The predicted octanol–water partition coefficient (Wildman–Crippen LogP) is -7.77. The van der Waals surface area contributed by atoms with Crippen molar-refractivity contribution in [2.75, 3.05) is 20.3 Å². The van der Waals surface area contributed by atoms with E-state index in [-0.39, 0.29) is 0 Å². The second-order valence-corrected chi connectivity index (χ2v) is 13.6. The average Bonchev–Trinajstić information content (AvgIpc) is 2.94. The standard InChI is InChI=1S/C19H33NO25S3/c1-38-12-5(3-40-47(32,33)34)42-18(6(8(12)22)20-46(29,30)31)43-13-11(25)14(45-48(35,36)37)19(44-15(13)16(26)27)39-2-4-7(21)9(23)10(24)17(28)41-4/h4-15,17-25,28H,2-3H2,1H3,(H,26,27)(H,29,30,31)(H,32,33,34)(H,35,36,37)/t4-,5-,6-,7-,8-,9+,10-,11+,12-,13+,14-,15-,17?,18-,19-/m1/s1. The van der Waals surface area contributed by atoms with E-state index >= 15 is 0 Å². The molecule has 1 unspecified atom stereocenters. The Balaban J connectivity index is 1.95. The van der Waals surface area contributed by atoms with Crippen LogP contribution in [0.3, 0.4) is 0 Å². The Kier molecular flexibility index (Phi) is 13.6. The second-order valence-electron chi connectivity index (χ2n) is 10.3. The topological polar surface area (TPSA) is 408 Å². The number of rotatable bonds is 14. The lowest BCUT2D eigenvalue weighted by Crippen LogP contribution is -2.68. The van der Waals surface area contributed by atoms with E-state index in [2.05, 4.69) is 8.37 Å². The molecule has 0 aromatic heterocycles. The maximum atomic E-state index is 12.2. The summed E-state index contributed by atoms with van der Waals surface area (Å²) in [5.41, 5.74) is 0. The van der Waals surface area contributed by atoms with Gasteiger partial charge in [-0.3, -0.25) is 13.7 Å². The quantitative estimate of drug-likeness (QED) is 0.0730. The molecule has 0 radical (unpaired) electrons. The van der Waals surface area contributed by atoms with Gasteiger partial charge in [0.05, 0.1) is 13.2 Å². The number of ether oxygens (including phenoxy) is 6. The SMILES string of the molecule is CO[C@H]1[C@H](O)[C@@H](NS(=O)(=O)O)[C@@H](O[C@H]2[C@H](O)[C@@H](OS(=O)(=O)O)[C@H](OC[C@H]3OC(O)[C@H](O)[C@@H](O)[C@@H]3O)O[C@H]2C(=O)O)O[C@@H]1COS(=O)(=O)O. The Labute approximate surface area is 270 Å². The van der Waals surface area contributed by atoms with Crippen molar-refractivity contribution in [3.63, 3.8) is 0 Å². The van der Waals surface area contributed by atoms with Gasteiger partial charge in [-0.1, -0.05) is 0 Å². The summed E-state index contributed by atoms with van der Waals surface area (Å²) in [5.74, 6) is -2.02. The van der Waals surface area contributed by atoms with Gasteiger partial charge < -0.3 is 64.2 Å². The van der Waals surface area contributed by atoms with Crippen molar-refractivity contribution in [2.24, 2.45) is 0 Å². The molecule has 29 heteroatoms. The largest absolute Gasteiger partial charge is 0.479 e. The number of methoxy groups -OCH3 is 1. The zero-order valence-electron chi connectivity index (χ0n) is 23.9. The van der Waals surface area contributed by atoms with Crippen LogP contribution in [-0.2, 0) is 72.7 Å². The highest BCUT2D eigenvalue weighted by Gasteiger charge is 2.56. The Morgan fingerprint density at radius 3 is 1.85 bits per heavy atom. The lowest BCUT2D eigenvalue weighted by Gasteiger charge is -2.47. The molecule has 3 aliphatic rings. The first-order chi connectivity index (χ1) is 21.9. The minimum absolute atomic E-state index is 0.918. The number of nitrogens with one attached hydrogen (secondary N) is 1. The van der Waals surface area contributed by atoms with E-state index < -0.39 is 142 Å². The van der Waals surface area contributed by atoms with Crippen LogP contribution in [-0.4, -0.2) is 193 Å². The van der Waals surface area contributed by atoms with E-state index in [1.807, 2.05) is 0 Å². The minimum atomic E-state index is -5.57. The maximum Gasteiger partial charge on any atom is 0.397 e. The average molecular weight is 772 g/mol. The summed E-state index contributed by atoms with van der Waals surface area (Å²) in [6, 6.07) is -2.19. The zero-order chi connectivity index (χ0) is 36.5. The van der Waals surface area contributed by atoms with E-state index in [4.69, 9.17) is 33.0 Å². The second kappa shape index (κ2) is 15.9. The summed E-state index contributed by atoms with van der Waals surface area (Å²) >= 11 is 0. The minimum Gasteiger partial charge on any atom is -0.479 e. The van der Waals surface area contributed by atoms with Crippen molar-refractivity contribution in [3.05, 3.63) is 0 Å². The lowest BCUT2D eigenvalue weighted by molar-refractivity contribution is -0.345. The number of carboxylic acids is 1. The number of aliphatic carboxylic acids is 1. The lowest BCUT2D eigenvalue weighted by atomic mass is 9.95. The van der Waals surface area contributed by atoms with Crippen molar-refractivity contribution < 1.29 is 116 Å². The third-order valence-corrected chi connectivity index (χ3v) is 8.48. The van der Waals surface area contributed by atoms with Gasteiger partial charge in [-0.15, -0.1) is 0 Å². The van der Waals surface area contributed by atoms with Crippen LogP contribution in [0.2, 0.25) is 0 Å². The Hall–Kier alpha value is -1.40. The van der Waals surface area contributed by atoms with Crippen LogP contribution in [0.1, 0.15) is 0 Å². The molecule has 0 aromatic rings. The fourth-order valence-electron chi connectivity index (χ4n) is 4.88. The third-order valence-electron chi connectivity index (χ3n) is 7.01. The molecule has 0 aromatic carbocycles. The molecule has 0 bridgehead atoms. The molecule has 0 saturated carbocycles. The van der Waals surface area contributed by atoms with Gasteiger partial charge >= 0.3 is 37.1 Å². The molecule has 26 nitrogen and oxygen atoms in total. The normalized spacial score (nSPS) is 41.6. The first-order valence-corrected chi connectivity index (χ1v) is 17.2. The summed E-state index contributed by atoms with van der Waals surface area (Å²) in [4.78, 5) is 12.2. The highest BCUT2D eigenvalue weighted by molar-refractivity contribution is 7.83. The van der Waals surface area contributed by atoms with Crippen molar-refractivity contribution in [2.45, 2.75) is 92.1 Å². The summed E-state index contributed by atoms with van der Waals surface area (Å²) in [6.45, 7) is -2.17. The molecule has 3 fully saturated rings. The van der Waals surface area contributed by atoms with Crippen LogP contribution in [0.15, 0.2) is 0 Å². The first kappa shape index (κ1) is 41.0. The fourth-order valence-corrected chi connectivity index (χ4v) is 6.26. The first-order valence-electron chi connectivity index (χ1n) is 13.0. The molecule has 15 atom stereocenters. The molecule has 48 heavy (non-hydrogen) atoms. The number of aliphatic hydroxyl groups excluding tert-OH is 6. The van der Waals surface area contributed by atoms with Crippen molar-refractivity contribution in [1.29, 1.82) is 0 Å². The van der Waals surface area contributed by atoms with Crippen molar-refractivity contribution in [3.8, 4) is 0 Å². The molecule has 0 amide bonds. The Morgan fingerprint density at radius 2 is 1.33 bits per heavy atom. The van der Waals surface area contributed by atoms with Gasteiger partial charge in [0.25, 0.3) is 0 Å². The van der Waals surface area contributed by atoms with Gasteiger partial charge in [0.2, 0.25) is 0 Å². The summed E-state index contributed by atoms with van der Waals surface area (Å²) in [6.07, 6.45) is -30.2. The van der Waals surface area contributed by atoms with E-state index in [1.54, 1.807) is 0 Å². The van der Waals surface area contributed by atoms with Gasteiger partial charge in [0, 0.05) is 7.11 Å². The van der Waals surface area contributed by atoms with Crippen LogP contribution < -0.4 is 4.72 Å². The molecule has 3 rings (SSSR count). The monoisotopic (exact) mass is 771 g/mol. The smallest absolute Gasteiger partial charge is 0.397 e. The van der Waals surface area contributed by atoms with Gasteiger partial charge in [-0.05, 0) is 0 Å². The number of hydrogen-bond acceptors (Lipinski definition) is 21. The highest BCUT2D eigenvalue weighted by atomic mass is 32.3. The molecular formula is C19H33NO25S3. The number of aliphatic hydroxyl groups is 6. The number of hydrogen-bond donors (Lipinski definition) is 11. The van der Waals surface area contributed by atoms with Gasteiger partial charge in [0.1, 0.15) is 61.0 Å². The fraction of sp³-hybridized carbons (Fsp3) is 0.947. The summed E-state index contributed by atoms with van der Waals surface area (Å²) < 4.78 is 137. The molecule has 11 N–H and O–H groups in total. The van der Waals surface area contributed by atoms with E-state index in [9.17, 15) is 74.9 Å². The summed E-state index contributed by atoms with van der Waals surface area (Å²) in [7, 11) is -15.1. The zero-order valence-corrected chi connectivity index (χ0v) is 26.3. The van der Waals surface area contributed by atoms with Crippen LogP contribution in [0, 0.1) is 0 Å². The van der Waals surface area contributed by atoms with Crippen LogP contribution >= 0.6 is 0 Å². The molecule has 3 aliphatic heterocycles. The Bertz CT molecular complexity index is 1430. The molecule has 3 saturated heterocycles. The van der Waals surface area contributed by atoms with Crippen LogP contribution in [0.4, 0.5) is 0 Å². The van der Waals surface area contributed by atoms with Crippen molar-refractivity contribution >= 4 is 37.1 Å². The van der Waals surface area contributed by atoms with Gasteiger partial charge in [-0.25, -0.2) is 13.2 Å². The molecule has 3 heterocycles. The van der Waals surface area contributed by atoms with Crippen molar-refractivity contribution in [1.82, 2.24) is 4.72 Å². The molecule has 282 valence electrons. The molecule has 0 aliphatic carbocycles. The van der Waals surface area contributed by atoms with Crippen LogP contribution in [0.25, 0.3) is 0 Å². The third kappa shape index (κ3) is 10.6. The van der Waals surface area contributed by atoms with Gasteiger partial charge in [-0.2, -0.15) is 30.0 Å². The van der Waals surface area contributed by atoms with Gasteiger partial charge in [0.15, 0.2) is 31.1 Å².